The molecule has 2 aliphatic rings. The van der Waals surface area contributed by atoms with Crippen molar-refractivity contribution >= 4 is 23.1 Å². The van der Waals surface area contributed by atoms with Gasteiger partial charge < -0.3 is 25.2 Å². The standard InChI is InChI=1S/C9H18N2O2.C5H9ClN2O/c1-9(2,3)13-8(12)11-6-4-10-5-7-11;6-5(9)8-3-1-7-2-4-8/h10H,4-7H2,1-3H3;7H,1-4H2. The molecule has 0 atom stereocenters. The van der Waals surface area contributed by atoms with E-state index in [0.717, 1.165) is 52.4 Å². The molecular weight excluding hydrogens is 308 g/mol. The highest BCUT2D eigenvalue weighted by Crippen LogP contribution is 2.09. The van der Waals surface area contributed by atoms with E-state index in [0.29, 0.717) is 0 Å². The molecule has 2 rings (SSSR count). The molecule has 7 nitrogen and oxygen atoms in total. The Hall–Kier alpha value is -1.05. The molecule has 2 saturated heterocycles. The Kier molecular flexibility index (Phi) is 7.92. The van der Waals surface area contributed by atoms with Crippen LogP contribution in [0.2, 0.25) is 0 Å². The first kappa shape index (κ1) is 19.0. The molecule has 0 unspecified atom stereocenters. The first-order chi connectivity index (χ1) is 10.3. The normalized spacial score (nSPS) is 19.1. The largest absolute Gasteiger partial charge is 0.444 e. The maximum atomic E-state index is 11.5. The van der Waals surface area contributed by atoms with Crippen LogP contribution in [0.5, 0.6) is 0 Å². The lowest BCUT2D eigenvalue weighted by atomic mass is 10.2. The minimum absolute atomic E-state index is 0.200. The summed E-state index contributed by atoms with van der Waals surface area (Å²) >= 11 is 5.22. The average Bonchev–Trinajstić information content (AvgIpc) is 2.48. The van der Waals surface area contributed by atoms with Gasteiger partial charge in [0.05, 0.1) is 0 Å². The highest BCUT2D eigenvalue weighted by atomic mass is 35.5. The van der Waals surface area contributed by atoms with Gasteiger partial charge in [-0.15, -0.1) is 0 Å². The van der Waals surface area contributed by atoms with Gasteiger partial charge in [-0.25, -0.2) is 4.79 Å². The second kappa shape index (κ2) is 9.17. The summed E-state index contributed by atoms with van der Waals surface area (Å²) in [5.74, 6) is 0. The minimum atomic E-state index is -0.387. The van der Waals surface area contributed by atoms with E-state index in [1.807, 2.05) is 20.8 Å². The summed E-state index contributed by atoms with van der Waals surface area (Å²) in [5, 5.41) is 5.96. The van der Waals surface area contributed by atoms with Gasteiger partial charge in [-0.3, -0.25) is 4.79 Å². The van der Waals surface area contributed by atoms with Crippen molar-refractivity contribution in [2.45, 2.75) is 26.4 Å². The first-order valence-corrected chi connectivity index (χ1v) is 8.01. The zero-order valence-corrected chi connectivity index (χ0v) is 14.4. The third-order valence-corrected chi connectivity index (χ3v) is 3.37. The van der Waals surface area contributed by atoms with Gasteiger partial charge in [0.15, 0.2) is 0 Å². The van der Waals surface area contributed by atoms with Crippen LogP contribution < -0.4 is 10.6 Å². The third-order valence-electron chi connectivity index (χ3n) is 3.13. The highest BCUT2D eigenvalue weighted by Gasteiger charge is 2.22. The van der Waals surface area contributed by atoms with E-state index in [2.05, 4.69) is 10.6 Å². The van der Waals surface area contributed by atoms with E-state index in [4.69, 9.17) is 16.3 Å². The summed E-state index contributed by atoms with van der Waals surface area (Å²) in [4.78, 5) is 25.3. The number of nitrogens with one attached hydrogen (secondary N) is 2. The van der Waals surface area contributed by atoms with Gasteiger partial charge in [0.25, 0.3) is 0 Å². The molecule has 0 radical (unpaired) electrons. The van der Waals surface area contributed by atoms with Gasteiger partial charge in [0.2, 0.25) is 0 Å². The average molecular weight is 335 g/mol. The number of halogens is 1. The topological polar surface area (TPSA) is 73.9 Å². The van der Waals surface area contributed by atoms with Crippen LogP contribution >= 0.6 is 11.6 Å². The van der Waals surface area contributed by atoms with Crippen LogP contribution in [0, 0.1) is 0 Å². The van der Waals surface area contributed by atoms with Crippen molar-refractivity contribution < 1.29 is 14.3 Å². The van der Waals surface area contributed by atoms with Gasteiger partial charge >= 0.3 is 11.5 Å². The number of rotatable bonds is 0. The van der Waals surface area contributed by atoms with Crippen molar-refractivity contribution in [1.29, 1.82) is 0 Å². The van der Waals surface area contributed by atoms with Gasteiger partial charge in [0, 0.05) is 52.4 Å². The molecule has 0 saturated carbocycles. The van der Waals surface area contributed by atoms with Crippen LogP contribution in [-0.4, -0.2) is 79.2 Å². The predicted octanol–water partition coefficient (Wildman–Crippen LogP) is 1.08. The number of carbonyl (C=O) groups excluding carboxylic acids is 2. The van der Waals surface area contributed by atoms with Crippen molar-refractivity contribution in [2.75, 3.05) is 52.4 Å². The molecule has 0 bridgehead atoms. The van der Waals surface area contributed by atoms with Gasteiger partial charge in [-0.2, -0.15) is 0 Å². The summed E-state index contributed by atoms with van der Waals surface area (Å²) in [6.45, 7) is 12.1. The smallest absolute Gasteiger partial charge is 0.410 e. The Balaban J connectivity index is 0.000000235. The first-order valence-electron chi connectivity index (χ1n) is 7.63. The van der Waals surface area contributed by atoms with E-state index < -0.39 is 0 Å². The number of ether oxygens (including phenoxy) is 1. The van der Waals surface area contributed by atoms with Crippen LogP contribution in [0.1, 0.15) is 20.8 Å². The molecule has 0 aromatic carbocycles. The predicted molar refractivity (Wildman–Crippen MR) is 86.4 cm³/mol. The zero-order valence-electron chi connectivity index (χ0n) is 13.7. The fourth-order valence-corrected chi connectivity index (χ4v) is 2.18. The molecule has 2 aliphatic heterocycles. The Bertz CT molecular complexity index is 362. The molecule has 0 aliphatic carbocycles. The molecule has 0 aromatic rings. The number of amides is 2. The lowest BCUT2D eigenvalue weighted by Crippen LogP contribution is -2.48. The molecule has 0 spiro atoms. The Morgan fingerprint density at radius 1 is 0.909 bits per heavy atom. The Morgan fingerprint density at radius 3 is 1.64 bits per heavy atom. The van der Waals surface area contributed by atoms with E-state index in [1.54, 1.807) is 9.80 Å². The van der Waals surface area contributed by atoms with Crippen molar-refractivity contribution in [3.05, 3.63) is 0 Å². The van der Waals surface area contributed by atoms with Crippen LogP contribution in [0.3, 0.4) is 0 Å². The highest BCUT2D eigenvalue weighted by molar-refractivity contribution is 6.62. The van der Waals surface area contributed by atoms with E-state index >= 15 is 0 Å². The number of piperazine rings is 2. The maximum Gasteiger partial charge on any atom is 0.410 e. The quantitative estimate of drug-likeness (QED) is 0.512. The molecule has 2 N–H and O–H groups in total. The number of nitrogens with zero attached hydrogens (tertiary/aromatic N) is 2. The molecule has 2 heterocycles. The van der Waals surface area contributed by atoms with E-state index in [-0.39, 0.29) is 17.1 Å². The van der Waals surface area contributed by atoms with Gasteiger partial charge in [0.1, 0.15) is 5.60 Å². The lowest BCUT2D eigenvalue weighted by Gasteiger charge is -2.30. The van der Waals surface area contributed by atoms with Crippen molar-refractivity contribution in [3.8, 4) is 0 Å². The molecule has 8 heteroatoms. The SMILES string of the molecule is CC(C)(C)OC(=O)N1CCNCC1.O=C(Cl)N1CCNCC1. The molecule has 22 heavy (non-hydrogen) atoms. The summed E-state index contributed by atoms with van der Waals surface area (Å²) in [7, 11) is 0. The van der Waals surface area contributed by atoms with E-state index in [9.17, 15) is 9.59 Å². The number of carbonyl (C=O) groups is 2. The minimum Gasteiger partial charge on any atom is -0.444 e. The Morgan fingerprint density at radius 2 is 1.32 bits per heavy atom. The van der Waals surface area contributed by atoms with Crippen molar-refractivity contribution in [1.82, 2.24) is 20.4 Å². The van der Waals surface area contributed by atoms with Crippen molar-refractivity contribution in [2.24, 2.45) is 0 Å². The summed E-state index contributed by atoms with van der Waals surface area (Å²) in [6, 6.07) is 0. The lowest BCUT2D eigenvalue weighted by molar-refractivity contribution is 0.0229. The van der Waals surface area contributed by atoms with Gasteiger partial charge in [-0.1, -0.05) is 0 Å². The third kappa shape index (κ3) is 7.82. The fraction of sp³-hybridized carbons (Fsp3) is 0.857. The second-order valence-corrected chi connectivity index (χ2v) is 6.53. The fourth-order valence-electron chi connectivity index (χ4n) is 2.01. The molecule has 0 aromatic heterocycles. The summed E-state index contributed by atoms with van der Waals surface area (Å²) < 4.78 is 5.24. The van der Waals surface area contributed by atoms with Crippen LogP contribution in [-0.2, 0) is 4.74 Å². The van der Waals surface area contributed by atoms with Crippen LogP contribution in [0.25, 0.3) is 0 Å². The van der Waals surface area contributed by atoms with Crippen molar-refractivity contribution in [3.63, 3.8) is 0 Å². The number of hydrogen-bond acceptors (Lipinski definition) is 5. The molecule has 2 fully saturated rings. The van der Waals surface area contributed by atoms with Crippen LogP contribution in [0.15, 0.2) is 0 Å². The summed E-state index contributed by atoms with van der Waals surface area (Å²) in [5.41, 5.74) is -0.387. The number of hydrogen-bond donors (Lipinski definition) is 2. The Labute approximate surface area is 137 Å². The van der Waals surface area contributed by atoms with Gasteiger partial charge in [-0.05, 0) is 32.4 Å². The van der Waals surface area contributed by atoms with Crippen LogP contribution in [0.4, 0.5) is 9.59 Å². The van der Waals surface area contributed by atoms with E-state index in [1.165, 1.54) is 0 Å². The molecular formula is C14H27ClN4O3. The summed E-state index contributed by atoms with van der Waals surface area (Å²) in [6.07, 6.45) is -0.200. The zero-order chi connectivity index (χ0) is 16.6. The molecule has 2 amide bonds. The second-order valence-electron chi connectivity index (χ2n) is 6.21. The maximum absolute atomic E-state index is 11.5. The monoisotopic (exact) mass is 334 g/mol. The molecule has 128 valence electrons.